The summed E-state index contributed by atoms with van der Waals surface area (Å²) in [6.07, 6.45) is 5.39. The fourth-order valence-corrected chi connectivity index (χ4v) is 2.37. The van der Waals surface area contributed by atoms with Crippen molar-refractivity contribution >= 4 is 0 Å². The highest BCUT2D eigenvalue weighted by Crippen LogP contribution is 2.22. The first-order valence-corrected chi connectivity index (χ1v) is 7.49. The second kappa shape index (κ2) is 9.16. The third-order valence-electron chi connectivity index (χ3n) is 3.50. The first-order valence-electron chi connectivity index (χ1n) is 7.49. The molecule has 0 aliphatic heterocycles. The molecule has 0 fully saturated rings. The number of likely N-dealkylation sites (N-methyl/N-ethyl adjacent to an activating group) is 1. The lowest BCUT2D eigenvalue weighted by Gasteiger charge is -2.18. The molecule has 0 radical (unpaired) electrons. The Morgan fingerprint density at radius 2 is 1.67 bits per heavy atom. The van der Waals surface area contributed by atoms with Gasteiger partial charge in [0, 0.05) is 6.54 Å². The maximum atomic E-state index is 3.50. The topological polar surface area (TPSA) is 12.0 Å². The van der Waals surface area contributed by atoms with Crippen LogP contribution in [0.15, 0.2) is 30.3 Å². The minimum atomic E-state index is 0.679. The largest absolute Gasteiger partial charge is 0.316 e. The lowest BCUT2D eigenvalue weighted by Crippen LogP contribution is -2.21. The molecule has 1 nitrogen and oxygen atoms in total. The van der Waals surface area contributed by atoms with Crippen LogP contribution < -0.4 is 5.32 Å². The van der Waals surface area contributed by atoms with E-state index in [2.05, 4.69) is 56.4 Å². The van der Waals surface area contributed by atoms with Crippen LogP contribution in [-0.2, 0) is 0 Å². The normalized spacial score (nSPS) is 12.9. The third kappa shape index (κ3) is 6.20. The van der Waals surface area contributed by atoms with E-state index in [9.17, 15) is 0 Å². The highest BCUT2D eigenvalue weighted by atomic mass is 14.8. The van der Waals surface area contributed by atoms with E-state index in [1.54, 1.807) is 0 Å². The summed E-state index contributed by atoms with van der Waals surface area (Å²) < 4.78 is 0. The van der Waals surface area contributed by atoms with Gasteiger partial charge in [0.15, 0.2) is 0 Å². The zero-order valence-electron chi connectivity index (χ0n) is 12.3. The molecule has 1 aromatic rings. The summed E-state index contributed by atoms with van der Waals surface area (Å²) in [6, 6.07) is 11.0. The van der Waals surface area contributed by atoms with Gasteiger partial charge >= 0.3 is 0 Å². The summed E-state index contributed by atoms with van der Waals surface area (Å²) in [5.41, 5.74) is 1.49. The van der Waals surface area contributed by atoms with Gasteiger partial charge in [0.05, 0.1) is 0 Å². The van der Waals surface area contributed by atoms with Crippen LogP contribution in [0.25, 0.3) is 0 Å². The van der Waals surface area contributed by atoms with Gasteiger partial charge in [-0.05, 0) is 30.4 Å². The number of benzene rings is 1. The summed E-state index contributed by atoms with van der Waals surface area (Å²) in [6.45, 7) is 8.99. The molecule has 1 rings (SSSR count). The van der Waals surface area contributed by atoms with Crippen molar-refractivity contribution in [1.82, 2.24) is 5.32 Å². The summed E-state index contributed by atoms with van der Waals surface area (Å²) in [5, 5.41) is 3.50. The van der Waals surface area contributed by atoms with E-state index in [-0.39, 0.29) is 0 Å². The fourth-order valence-electron chi connectivity index (χ4n) is 2.37. The molecule has 0 aliphatic carbocycles. The molecule has 18 heavy (non-hydrogen) atoms. The molecule has 0 heterocycles. The van der Waals surface area contributed by atoms with Gasteiger partial charge in [-0.25, -0.2) is 0 Å². The van der Waals surface area contributed by atoms with E-state index >= 15 is 0 Å². The predicted molar refractivity (Wildman–Crippen MR) is 81.0 cm³/mol. The highest BCUT2D eigenvalue weighted by Gasteiger charge is 2.10. The van der Waals surface area contributed by atoms with E-state index in [4.69, 9.17) is 0 Å². The third-order valence-corrected chi connectivity index (χ3v) is 3.50. The van der Waals surface area contributed by atoms with Crippen LogP contribution in [0.5, 0.6) is 0 Å². The summed E-state index contributed by atoms with van der Waals surface area (Å²) in [5.74, 6) is 1.52. The molecule has 1 aromatic carbocycles. The molecule has 0 amide bonds. The Hall–Kier alpha value is -0.820. The molecule has 0 saturated carbocycles. The zero-order chi connectivity index (χ0) is 13.2. The SMILES string of the molecule is CCNCC(CCCCC(C)C)c1ccccc1. The van der Waals surface area contributed by atoms with Crippen molar-refractivity contribution < 1.29 is 0 Å². The smallest absolute Gasteiger partial charge is 0.00200 e. The maximum absolute atomic E-state index is 3.50. The van der Waals surface area contributed by atoms with Crippen LogP contribution in [0.2, 0.25) is 0 Å². The molecule has 0 saturated heterocycles. The summed E-state index contributed by atoms with van der Waals surface area (Å²) >= 11 is 0. The summed E-state index contributed by atoms with van der Waals surface area (Å²) in [7, 11) is 0. The van der Waals surface area contributed by atoms with E-state index < -0.39 is 0 Å². The predicted octanol–water partition coefficient (Wildman–Crippen LogP) is 4.60. The van der Waals surface area contributed by atoms with Crippen LogP contribution in [0.1, 0.15) is 57.9 Å². The zero-order valence-corrected chi connectivity index (χ0v) is 12.3. The maximum Gasteiger partial charge on any atom is 0.00200 e. The lowest BCUT2D eigenvalue weighted by atomic mass is 9.92. The average Bonchev–Trinajstić information content (AvgIpc) is 2.38. The Morgan fingerprint density at radius 1 is 1.00 bits per heavy atom. The Kier molecular flexibility index (Phi) is 7.75. The van der Waals surface area contributed by atoms with Crippen molar-refractivity contribution in [1.29, 1.82) is 0 Å². The van der Waals surface area contributed by atoms with Crippen molar-refractivity contribution in [3.05, 3.63) is 35.9 Å². The molecular formula is C17H29N. The van der Waals surface area contributed by atoms with Crippen LogP contribution in [-0.4, -0.2) is 13.1 Å². The van der Waals surface area contributed by atoms with Crippen molar-refractivity contribution in [3.8, 4) is 0 Å². The molecule has 0 bridgehead atoms. The quantitative estimate of drug-likeness (QED) is 0.629. The van der Waals surface area contributed by atoms with Gasteiger partial charge in [-0.3, -0.25) is 0 Å². The number of nitrogens with one attached hydrogen (secondary N) is 1. The van der Waals surface area contributed by atoms with Gasteiger partial charge in [-0.15, -0.1) is 0 Å². The van der Waals surface area contributed by atoms with Crippen LogP contribution >= 0.6 is 0 Å². The summed E-state index contributed by atoms with van der Waals surface area (Å²) in [4.78, 5) is 0. The van der Waals surface area contributed by atoms with E-state index in [1.807, 2.05) is 0 Å². The van der Waals surface area contributed by atoms with E-state index in [0.717, 1.165) is 19.0 Å². The van der Waals surface area contributed by atoms with Crippen molar-refractivity contribution in [3.63, 3.8) is 0 Å². The molecule has 1 atom stereocenters. The van der Waals surface area contributed by atoms with Crippen molar-refractivity contribution in [2.45, 2.75) is 52.4 Å². The second-order valence-corrected chi connectivity index (χ2v) is 5.59. The van der Waals surface area contributed by atoms with Gasteiger partial charge in [0.2, 0.25) is 0 Å². The fraction of sp³-hybridized carbons (Fsp3) is 0.647. The van der Waals surface area contributed by atoms with Gasteiger partial charge in [0.25, 0.3) is 0 Å². The number of hydrogen-bond acceptors (Lipinski definition) is 1. The minimum absolute atomic E-state index is 0.679. The molecule has 0 spiro atoms. The Morgan fingerprint density at radius 3 is 2.28 bits per heavy atom. The molecular weight excluding hydrogens is 218 g/mol. The van der Waals surface area contributed by atoms with Crippen LogP contribution in [0, 0.1) is 5.92 Å². The number of unbranched alkanes of at least 4 members (excludes halogenated alkanes) is 1. The molecule has 0 aliphatic rings. The minimum Gasteiger partial charge on any atom is -0.316 e. The Labute approximate surface area is 113 Å². The molecule has 102 valence electrons. The van der Waals surface area contributed by atoms with Crippen LogP contribution in [0.3, 0.4) is 0 Å². The van der Waals surface area contributed by atoms with Crippen molar-refractivity contribution in [2.75, 3.05) is 13.1 Å². The first-order chi connectivity index (χ1) is 8.74. The monoisotopic (exact) mass is 247 g/mol. The molecule has 1 unspecified atom stereocenters. The highest BCUT2D eigenvalue weighted by molar-refractivity contribution is 5.19. The number of rotatable bonds is 9. The second-order valence-electron chi connectivity index (χ2n) is 5.59. The number of hydrogen-bond donors (Lipinski definition) is 1. The van der Waals surface area contributed by atoms with E-state index in [0.29, 0.717) is 5.92 Å². The average molecular weight is 247 g/mol. The Balaban J connectivity index is 2.41. The van der Waals surface area contributed by atoms with Crippen LogP contribution in [0.4, 0.5) is 0 Å². The lowest BCUT2D eigenvalue weighted by molar-refractivity contribution is 0.486. The molecule has 1 N–H and O–H groups in total. The Bertz CT molecular complexity index is 292. The van der Waals surface area contributed by atoms with E-state index in [1.165, 1.54) is 31.2 Å². The standard InChI is InChI=1S/C17H29N/c1-4-18-14-17(13-9-8-10-15(2)3)16-11-6-5-7-12-16/h5-7,11-12,15,17-18H,4,8-10,13-14H2,1-3H3. The van der Waals surface area contributed by atoms with Gasteiger partial charge in [0.1, 0.15) is 0 Å². The molecule has 0 aromatic heterocycles. The first kappa shape index (κ1) is 15.2. The van der Waals surface area contributed by atoms with Gasteiger partial charge < -0.3 is 5.32 Å². The van der Waals surface area contributed by atoms with Crippen molar-refractivity contribution in [2.24, 2.45) is 5.92 Å². The van der Waals surface area contributed by atoms with Gasteiger partial charge in [-0.2, -0.15) is 0 Å². The molecule has 1 heteroatoms. The van der Waals surface area contributed by atoms with Gasteiger partial charge in [-0.1, -0.05) is 70.4 Å².